The Kier molecular flexibility index (Phi) is 9.35. The summed E-state index contributed by atoms with van der Waals surface area (Å²) in [7, 11) is -4.15. The number of nitrogens with zero attached hydrogens (tertiary/aromatic N) is 1. The fourth-order valence-corrected chi connectivity index (χ4v) is 6.14. The van der Waals surface area contributed by atoms with Gasteiger partial charge in [0.15, 0.2) is 5.76 Å². The van der Waals surface area contributed by atoms with Gasteiger partial charge in [-0.1, -0.05) is 98.7 Å². The lowest BCUT2D eigenvalue weighted by Crippen LogP contribution is -2.28. The Labute approximate surface area is 280 Å². The third-order valence-corrected chi connectivity index (χ3v) is 9.15. The van der Waals surface area contributed by atoms with Crippen LogP contribution in [0.1, 0.15) is 70.8 Å². The highest BCUT2D eigenvalue weighted by atomic mass is 32.2. The summed E-state index contributed by atoms with van der Waals surface area (Å²) < 4.78 is 42.9. The number of hydrogen-bond donors (Lipinski definition) is 2. The molecule has 6 aromatic rings. The largest absolute Gasteiger partial charge is 0.461 e. The van der Waals surface area contributed by atoms with Crippen molar-refractivity contribution in [2.45, 2.75) is 44.9 Å². The number of para-hydroxylation sites is 1. The van der Waals surface area contributed by atoms with Crippen molar-refractivity contribution in [1.82, 2.24) is 10.5 Å². The van der Waals surface area contributed by atoms with E-state index in [1.165, 1.54) is 5.56 Å². The maximum absolute atomic E-state index is 12.5. The van der Waals surface area contributed by atoms with Crippen LogP contribution in [0.3, 0.4) is 0 Å². The molecule has 1 unspecified atom stereocenters. The Morgan fingerprint density at radius 1 is 0.875 bits per heavy atom. The van der Waals surface area contributed by atoms with Crippen LogP contribution in [0.5, 0.6) is 0 Å². The lowest BCUT2D eigenvalue weighted by molar-refractivity contribution is 0.0956. The highest BCUT2D eigenvalue weighted by Crippen LogP contribution is 2.33. The smallest absolute Gasteiger partial charge is 0.266 e. The lowest BCUT2D eigenvalue weighted by Gasteiger charge is -2.21. The zero-order valence-electron chi connectivity index (χ0n) is 27.1. The summed E-state index contributed by atoms with van der Waals surface area (Å²) in [6.45, 7) is 6.38. The fourth-order valence-electron chi connectivity index (χ4n) is 5.78. The Bertz CT molecular complexity index is 2110. The molecule has 0 saturated carbocycles. The molecule has 0 aliphatic rings. The van der Waals surface area contributed by atoms with Crippen molar-refractivity contribution in [3.05, 3.63) is 148 Å². The molecule has 1 amide bonds. The van der Waals surface area contributed by atoms with Crippen LogP contribution in [0.2, 0.25) is 0 Å². The summed E-state index contributed by atoms with van der Waals surface area (Å²) in [5.41, 5.74) is 7.42. The van der Waals surface area contributed by atoms with Crippen molar-refractivity contribution in [2.24, 2.45) is 0 Å². The number of furan rings is 1. The number of benzene rings is 4. The van der Waals surface area contributed by atoms with E-state index in [1.807, 2.05) is 54.6 Å². The van der Waals surface area contributed by atoms with E-state index >= 15 is 0 Å². The summed E-state index contributed by atoms with van der Waals surface area (Å²) in [4.78, 5) is 12.5. The molecule has 4 aromatic carbocycles. The van der Waals surface area contributed by atoms with E-state index in [9.17, 15) is 13.2 Å². The zero-order valence-corrected chi connectivity index (χ0v) is 28.0. The van der Waals surface area contributed by atoms with Crippen LogP contribution < -0.4 is 5.32 Å². The molecule has 2 heterocycles. The highest BCUT2D eigenvalue weighted by molar-refractivity contribution is 7.85. The summed E-state index contributed by atoms with van der Waals surface area (Å²) in [6.07, 6.45) is 1.26. The topological polar surface area (TPSA) is 123 Å². The van der Waals surface area contributed by atoms with Crippen LogP contribution >= 0.6 is 0 Å². The number of nitrogens with one attached hydrogen (secondary N) is 1. The van der Waals surface area contributed by atoms with Gasteiger partial charge in [-0.3, -0.25) is 9.35 Å². The van der Waals surface area contributed by atoms with E-state index in [0.717, 1.165) is 44.7 Å². The van der Waals surface area contributed by atoms with Gasteiger partial charge < -0.3 is 14.3 Å². The van der Waals surface area contributed by atoms with Crippen LogP contribution in [0.25, 0.3) is 22.3 Å². The van der Waals surface area contributed by atoms with Crippen LogP contribution in [0.4, 0.5) is 0 Å². The van der Waals surface area contributed by atoms with E-state index < -0.39 is 21.8 Å². The molecule has 0 saturated heterocycles. The predicted molar refractivity (Wildman–Crippen MR) is 187 cm³/mol. The second-order valence-electron chi connectivity index (χ2n) is 13.1. The van der Waals surface area contributed by atoms with Gasteiger partial charge in [0.2, 0.25) is 0 Å². The second-order valence-corrected chi connectivity index (χ2v) is 14.7. The molecule has 6 rings (SSSR count). The molecule has 2 aromatic heterocycles. The highest BCUT2D eigenvalue weighted by Gasteiger charge is 2.22. The van der Waals surface area contributed by atoms with E-state index in [2.05, 4.69) is 73.7 Å². The van der Waals surface area contributed by atoms with Crippen molar-refractivity contribution in [2.75, 3.05) is 12.3 Å². The number of hydrogen-bond acceptors (Lipinski definition) is 6. The third kappa shape index (κ3) is 8.10. The quantitative estimate of drug-likeness (QED) is 0.135. The first-order valence-electron chi connectivity index (χ1n) is 15.9. The molecule has 0 aliphatic carbocycles. The van der Waals surface area contributed by atoms with Gasteiger partial charge in [-0.2, -0.15) is 8.42 Å². The Hall–Kier alpha value is -4.99. The molecule has 0 radical (unpaired) electrons. The van der Waals surface area contributed by atoms with E-state index in [0.29, 0.717) is 24.2 Å². The SMILES string of the molecule is CC(C)(C)c1ccc(C(Cc2ccc(C(=O)NCCS(=O)(=O)O)cc2)c2cc(-c3cccc(Cc4cc5ccccc5o4)c3)on2)cc1. The summed E-state index contributed by atoms with van der Waals surface area (Å²) >= 11 is 0. The van der Waals surface area contributed by atoms with Gasteiger partial charge in [-0.05, 0) is 64.4 Å². The second kappa shape index (κ2) is 13.6. The van der Waals surface area contributed by atoms with Crippen molar-refractivity contribution < 1.29 is 26.7 Å². The van der Waals surface area contributed by atoms with Crippen molar-refractivity contribution in [3.8, 4) is 11.3 Å². The number of carbonyl (C=O) groups is 1. The van der Waals surface area contributed by atoms with Gasteiger partial charge in [0.1, 0.15) is 11.3 Å². The molecule has 0 bridgehead atoms. The maximum Gasteiger partial charge on any atom is 0.266 e. The van der Waals surface area contributed by atoms with Crippen LogP contribution in [-0.4, -0.2) is 36.3 Å². The third-order valence-electron chi connectivity index (χ3n) is 8.43. The average Bonchev–Trinajstić information content (AvgIpc) is 3.70. The molecule has 9 heteroatoms. The molecular weight excluding hydrogens is 625 g/mol. The monoisotopic (exact) mass is 662 g/mol. The first kappa shape index (κ1) is 32.9. The van der Waals surface area contributed by atoms with Gasteiger partial charge in [0.05, 0.1) is 11.4 Å². The molecular formula is C39H38N2O6S. The molecule has 0 aliphatic heterocycles. The first-order valence-corrected chi connectivity index (χ1v) is 17.5. The van der Waals surface area contributed by atoms with Crippen LogP contribution in [-0.2, 0) is 28.4 Å². The molecule has 0 fully saturated rings. The molecule has 1 atom stereocenters. The minimum atomic E-state index is -4.15. The maximum atomic E-state index is 12.5. The molecule has 246 valence electrons. The lowest BCUT2D eigenvalue weighted by atomic mass is 9.83. The Morgan fingerprint density at radius 2 is 1.62 bits per heavy atom. The summed E-state index contributed by atoms with van der Waals surface area (Å²) in [5.74, 6) is 0.488. The average molecular weight is 663 g/mol. The van der Waals surface area contributed by atoms with E-state index in [-0.39, 0.29) is 17.9 Å². The number of aromatic nitrogens is 1. The first-order chi connectivity index (χ1) is 22.9. The predicted octanol–water partition coefficient (Wildman–Crippen LogP) is 7.97. The standard InChI is InChI=1S/C39H38N2O6S/c1-39(2,3)32-17-15-28(16-18-32)34(23-26-11-13-29(14-12-26)38(42)40-19-20-48(43,44)45)35-25-37(47-41-35)30-9-6-7-27(21-30)22-33-24-31-8-4-5-10-36(31)46-33/h4-18,21,24-25,34H,19-20,22-23H2,1-3H3,(H,40,42)(H,43,44,45). The van der Waals surface area contributed by atoms with E-state index in [1.54, 1.807) is 12.1 Å². The Morgan fingerprint density at radius 3 is 2.33 bits per heavy atom. The van der Waals surface area contributed by atoms with Gasteiger partial charge in [-0.15, -0.1) is 0 Å². The minimum absolute atomic E-state index is 0.0141. The summed E-state index contributed by atoms with van der Waals surface area (Å²) in [6, 6.07) is 36.1. The zero-order chi connectivity index (χ0) is 33.9. The van der Waals surface area contributed by atoms with Crippen LogP contribution in [0.15, 0.2) is 118 Å². The molecule has 2 N–H and O–H groups in total. The van der Waals surface area contributed by atoms with Crippen molar-refractivity contribution in [3.63, 3.8) is 0 Å². The van der Waals surface area contributed by atoms with Crippen molar-refractivity contribution in [1.29, 1.82) is 0 Å². The summed E-state index contributed by atoms with van der Waals surface area (Å²) in [5, 5.41) is 8.15. The van der Waals surface area contributed by atoms with Gasteiger partial charge in [0, 0.05) is 41.5 Å². The number of fused-ring (bicyclic) bond motifs is 1. The number of carbonyl (C=O) groups excluding carboxylic acids is 1. The van der Waals surface area contributed by atoms with Gasteiger partial charge >= 0.3 is 0 Å². The Balaban J connectivity index is 1.24. The molecule has 48 heavy (non-hydrogen) atoms. The minimum Gasteiger partial charge on any atom is -0.461 e. The fraction of sp³-hybridized carbons (Fsp3) is 0.231. The van der Waals surface area contributed by atoms with Gasteiger partial charge in [-0.25, -0.2) is 0 Å². The van der Waals surface area contributed by atoms with Crippen molar-refractivity contribution >= 4 is 27.0 Å². The van der Waals surface area contributed by atoms with Crippen LogP contribution in [0, 0.1) is 0 Å². The number of rotatable bonds is 11. The molecule has 8 nitrogen and oxygen atoms in total. The normalized spacial score (nSPS) is 12.7. The molecule has 0 spiro atoms. The number of amides is 1. The van der Waals surface area contributed by atoms with Gasteiger partial charge in [0.25, 0.3) is 16.0 Å². The van der Waals surface area contributed by atoms with E-state index in [4.69, 9.17) is 13.5 Å².